The number of carbonyl (C=O) groups excluding carboxylic acids is 1. The lowest BCUT2D eigenvalue weighted by molar-refractivity contribution is -0.132. The Balaban J connectivity index is 1.34. The molecule has 0 atom stereocenters. The van der Waals surface area contributed by atoms with Gasteiger partial charge in [0.25, 0.3) is 0 Å². The van der Waals surface area contributed by atoms with Gasteiger partial charge in [0, 0.05) is 31.9 Å². The summed E-state index contributed by atoms with van der Waals surface area (Å²) in [6.45, 7) is 1.70. The predicted octanol–water partition coefficient (Wildman–Crippen LogP) is 5.77. The highest BCUT2D eigenvalue weighted by atomic mass is 16.2. The van der Waals surface area contributed by atoms with Crippen molar-refractivity contribution in [3.63, 3.8) is 0 Å². The Morgan fingerprint density at radius 2 is 1.55 bits per heavy atom. The van der Waals surface area contributed by atoms with Crippen LogP contribution >= 0.6 is 0 Å². The molecule has 0 unspecified atom stereocenters. The lowest BCUT2D eigenvalue weighted by Crippen LogP contribution is -2.38. The molecule has 4 rings (SSSR count). The molecule has 0 N–H and O–H groups in total. The Morgan fingerprint density at radius 1 is 0.903 bits per heavy atom. The molecule has 1 amide bonds. The van der Waals surface area contributed by atoms with Crippen molar-refractivity contribution in [2.45, 2.75) is 32.1 Å². The van der Waals surface area contributed by atoms with E-state index in [1.165, 1.54) is 22.3 Å². The number of carbonyl (C=O) groups is 1. The molecule has 1 aliphatic heterocycles. The highest BCUT2D eigenvalue weighted by Gasteiger charge is 2.22. The maximum absolute atomic E-state index is 12.7. The number of nitrogens with zero attached hydrogens (tertiary/aromatic N) is 2. The number of hydrogen-bond acceptors (Lipinski definition) is 2. The number of benzene rings is 2. The van der Waals surface area contributed by atoms with Gasteiger partial charge in [0.15, 0.2) is 0 Å². The van der Waals surface area contributed by atoms with Crippen LogP contribution in [0.2, 0.25) is 0 Å². The average Bonchev–Trinajstić information content (AvgIpc) is 2.84. The second-order valence-corrected chi connectivity index (χ2v) is 8.25. The van der Waals surface area contributed by atoms with E-state index in [1.54, 1.807) is 6.20 Å². The molecule has 0 saturated carbocycles. The smallest absolute Gasteiger partial charge is 0.222 e. The van der Waals surface area contributed by atoms with Gasteiger partial charge in [-0.2, -0.15) is 0 Å². The third-order valence-electron chi connectivity index (χ3n) is 6.04. The fourth-order valence-electron chi connectivity index (χ4n) is 4.29. The standard InChI is InChI=1S/C28H30N2O/c31-28(15-7-9-24-10-8-18-29-22-24)30-19-16-23(17-20-30)21-27(25-11-3-1-4-12-25)26-13-5-2-6-14-26/h1-6,8,10-14,18,21-23H,7,9,15-17,19-20H2. The molecule has 0 radical (unpaired) electrons. The number of pyridine rings is 1. The first-order valence-electron chi connectivity index (χ1n) is 11.3. The number of hydrogen-bond donors (Lipinski definition) is 0. The molecule has 3 aromatic rings. The molecule has 1 aliphatic rings. The van der Waals surface area contributed by atoms with E-state index in [2.05, 4.69) is 82.7 Å². The molecular weight excluding hydrogens is 380 g/mol. The van der Waals surface area contributed by atoms with Crippen LogP contribution in [0.3, 0.4) is 0 Å². The first-order chi connectivity index (χ1) is 15.3. The van der Waals surface area contributed by atoms with Crippen molar-refractivity contribution in [3.8, 4) is 0 Å². The van der Waals surface area contributed by atoms with Crippen molar-refractivity contribution in [2.24, 2.45) is 5.92 Å². The lowest BCUT2D eigenvalue weighted by atomic mass is 9.89. The summed E-state index contributed by atoms with van der Waals surface area (Å²) in [5.41, 5.74) is 5.00. The minimum atomic E-state index is 0.290. The zero-order chi connectivity index (χ0) is 21.3. The van der Waals surface area contributed by atoms with Gasteiger partial charge in [-0.1, -0.05) is 72.8 Å². The number of aromatic nitrogens is 1. The molecule has 31 heavy (non-hydrogen) atoms. The van der Waals surface area contributed by atoms with Gasteiger partial charge < -0.3 is 4.90 Å². The van der Waals surface area contributed by atoms with Gasteiger partial charge in [0.2, 0.25) is 5.91 Å². The van der Waals surface area contributed by atoms with Crippen molar-refractivity contribution in [1.29, 1.82) is 0 Å². The normalized spacial score (nSPS) is 14.3. The quantitative estimate of drug-likeness (QED) is 0.495. The maximum atomic E-state index is 12.7. The fourth-order valence-corrected chi connectivity index (χ4v) is 4.29. The van der Waals surface area contributed by atoms with Gasteiger partial charge in [-0.15, -0.1) is 0 Å². The summed E-state index contributed by atoms with van der Waals surface area (Å²) in [4.78, 5) is 18.9. The van der Waals surface area contributed by atoms with Crippen molar-refractivity contribution >= 4 is 11.5 Å². The first-order valence-corrected chi connectivity index (χ1v) is 11.3. The molecule has 0 spiro atoms. The summed E-state index contributed by atoms with van der Waals surface area (Å²) in [5.74, 6) is 0.785. The van der Waals surface area contributed by atoms with Crippen LogP contribution in [0, 0.1) is 5.92 Å². The van der Waals surface area contributed by atoms with Crippen LogP contribution in [-0.2, 0) is 11.2 Å². The topological polar surface area (TPSA) is 33.2 Å². The monoisotopic (exact) mass is 410 g/mol. The Labute approximate surface area is 185 Å². The van der Waals surface area contributed by atoms with Crippen LogP contribution in [-0.4, -0.2) is 28.9 Å². The molecule has 0 aliphatic carbocycles. The average molecular weight is 411 g/mol. The van der Waals surface area contributed by atoms with Crippen LogP contribution in [0.1, 0.15) is 42.4 Å². The van der Waals surface area contributed by atoms with E-state index in [1.807, 2.05) is 12.3 Å². The lowest BCUT2D eigenvalue weighted by Gasteiger charge is -2.31. The highest BCUT2D eigenvalue weighted by molar-refractivity contribution is 5.80. The van der Waals surface area contributed by atoms with E-state index >= 15 is 0 Å². The SMILES string of the molecule is O=C(CCCc1cccnc1)N1CCC(C=C(c2ccccc2)c2ccccc2)CC1. The third-order valence-corrected chi connectivity index (χ3v) is 6.04. The van der Waals surface area contributed by atoms with Crippen LogP contribution in [0.4, 0.5) is 0 Å². The summed E-state index contributed by atoms with van der Waals surface area (Å²) in [5, 5.41) is 0. The number of amides is 1. The second-order valence-electron chi connectivity index (χ2n) is 8.25. The third kappa shape index (κ3) is 5.91. The molecular formula is C28H30N2O. The Hall–Kier alpha value is -3.20. The minimum absolute atomic E-state index is 0.290. The van der Waals surface area contributed by atoms with Gasteiger partial charge >= 0.3 is 0 Å². The molecule has 0 bridgehead atoms. The number of likely N-dealkylation sites (tertiary alicyclic amines) is 1. The van der Waals surface area contributed by atoms with E-state index < -0.39 is 0 Å². The molecule has 1 fully saturated rings. The summed E-state index contributed by atoms with van der Waals surface area (Å²) < 4.78 is 0. The molecule has 3 heteroatoms. The van der Waals surface area contributed by atoms with Crippen molar-refractivity contribution in [1.82, 2.24) is 9.88 Å². The minimum Gasteiger partial charge on any atom is -0.343 e. The van der Waals surface area contributed by atoms with Crippen LogP contribution in [0.25, 0.3) is 5.57 Å². The summed E-state index contributed by atoms with van der Waals surface area (Å²) in [7, 11) is 0. The first kappa shape index (κ1) is 21.0. The summed E-state index contributed by atoms with van der Waals surface area (Å²) >= 11 is 0. The van der Waals surface area contributed by atoms with Gasteiger partial charge in [-0.3, -0.25) is 9.78 Å². The van der Waals surface area contributed by atoms with Crippen molar-refractivity contribution in [3.05, 3.63) is 108 Å². The maximum Gasteiger partial charge on any atom is 0.222 e. The number of allylic oxidation sites excluding steroid dienone is 1. The molecule has 158 valence electrons. The molecule has 1 saturated heterocycles. The predicted molar refractivity (Wildman–Crippen MR) is 126 cm³/mol. The number of aryl methyl sites for hydroxylation is 1. The van der Waals surface area contributed by atoms with Gasteiger partial charge in [-0.05, 0) is 59.9 Å². The van der Waals surface area contributed by atoms with Gasteiger partial charge in [0.05, 0.1) is 0 Å². The van der Waals surface area contributed by atoms with E-state index in [4.69, 9.17) is 0 Å². The van der Waals surface area contributed by atoms with Crippen LogP contribution in [0.15, 0.2) is 91.3 Å². The molecule has 2 heterocycles. The molecule has 2 aromatic carbocycles. The van der Waals surface area contributed by atoms with Gasteiger partial charge in [0.1, 0.15) is 0 Å². The van der Waals surface area contributed by atoms with Crippen LogP contribution in [0.5, 0.6) is 0 Å². The number of rotatable bonds is 7. The fraction of sp³-hybridized carbons (Fsp3) is 0.286. The Kier molecular flexibility index (Phi) is 7.28. The van der Waals surface area contributed by atoms with E-state index in [-0.39, 0.29) is 5.91 Å². The van der Waals surface area contributed by atoms with Crippen LogP contribution < -0.4 is 0 Å². The number of piperidine rings is 1. The van der Waals surface area contributed by atoms with Gasteiger partial charge in [-0.25, -0.2) is 0 Å². The van der Waals surface area contributed by atoms with Crippen molar-refractivity contribution in [2.75, 3.05) is 13.1 Å². The zero-order valence-electron chi connectivity index (χ0n) is 18.0. The zero-order valence-corrected chi connectivity index (χ0v) is 18.0. The summed E-state index contributed by atoms with van der Waals surface area (Å²) in [6.07, 6.45) is 10.6. The highest BCUT2D eigenvalue weighted by Crippen LogP contribution is 2.29. The Morgan fingerprint density at radius 3 is 2.13 bits per heavy atom. The van der Waals surface area contributed by atoms with E-state index in [9.17, 15) is 4.79 Å². The van der Waals surface area contributed by atoms with Crippen molar-refractivity contribution < 1.29 is 4.79 Å². The van der Waals surface area contributed by atoms with E-state index in [0.717, 1.165) is 38.8 Å². The Bertz CT molecular complexity index is 934. The largest absolute Gasteiger partial charge is 0.343 e. The summed E-state index contributed by atoms with van der Waals surface area (Å²) in [6, 6.07) is 25.3. The second kappa shape index (κ2) is 10.7. The van der Waals surface area contributed by atoms with E-state index in [0.29, 0.717) is 12.3 Å². The molecule has 3 nitrogen and oxygen atoms in total. The molecule has 1 aromatic heterocycles.